The van der Waals surface area contributed by atoms with Gasteiger partial charge in [0, 0.05) is 10.6 Å². The molecule has 0 radical (unpaired) electrons. The molecule has 1 aliphatic carbocycles. The maximum Gasteiger partial charge on any atom is 0.258 e. The second-order valence-corrected chi connectivity index (χ2v) is 8.65. The number of carbonyl (C=O) groups excluding carboxylic acids is 2. The third kappa shape index (κ3) is 5.58. The van der Waals surface area contributed by atoms with E-state index in [1.807, 2.05) is 31.2 Å². The van der Waals surface area contributed by atoms with E-state index < -0.39 is 0 Å². The summed E-state index contributed by atoms with van der Waals surface area (Å²) in [6.07, 6.45) is 2.89. The molecular formula is C22H29N3O3S. The number of fused-ring (bicyclic) bond motifs is 1. The van der Waals surface area contributed by atoms with Crippen molar-refractivity contribution in [1.82, 2.24) is 5.32 Å². The van der Waals surface area contributed by atoms with Crippen LogP contribution in [0.3, 0.4) is 0 Å². The SMILES string of the molecule is CCOc1ccc(NC(=O)c2c(NC(=O)CNCC(C)C)sc3c2CCC3)cc1. The van der Waals surface area contributed by atoms with Crippen LogP contribution in [-0.2, 0) is 17.6 Å². The highest BCUT2D eigenvalue weighted by Crippen LogP contribution is 2.39. The van der Waals surface area contributed by atoms with Gasteiger partial charge in [0.1, 0.15) is 10.8 Å². The summed E-state index contributed by atoms with van der Waals surface area (Å²) in [7, 11) is 0. The van der Waals surface area contributed by atoms with E-state index in [0.29, 0.717) is 28.8 Å². The van der Waals surface area contributed by atoms with E-state index in [0.717, 1.165) is 37.1 Å². The van der Waals surface area contributed by atoms with E-state index in [9.17, 15) is 9.59 Å². The predicted molar refractivity (Wildman–Crippen MR) is 118 cm³/mol. The lowest BCUT2D eigenvalue weighted by molar-refractivity contribution is -0.115. The number of benzene rings is 1. The van der Waals surface area contributed by atoms with Crippen molar-refractivity contribution in [2.45, 2.75) is 40.0 Å². The minimum Gasteiger partial charge on any atom is -0.494 e. The molecule has 1 aliphatic rings. The van der Waals surface area contributed by atoms with Gasteiger partial charge in [-0.1, -0.05) is 13.8 Å². The Kier molecular flexibility index (Phi) is 7.28. The second kappa shape index (κ2) is 9.89. The monoisotopic (exact) mass is 415 g/mol. The number of hydrogen-bond acceptors (Lipinski definition) is 5. The van der Waals surface area contributed by atoms with E-state index >= 15 is 0 Å². The summed E-state index contributed by atoms with van der Waals surface area (Å²) in [5.74, 6) is 0.937. The molecule has 156 valence electrons. The number of aryl methyl sites for hydroxylation is 1. The quantitative estimate of drug-likeness (QED) is 0.577. The van der Waals surface area contributed by atoms with Gasteiger partial charge in [-0.3, -0.25) is 9.59 Å². The lowest BCUT2D eigenvalue weighted by Gasteiger charge is -2.11. The van der Waals surface area contributed by atoms with Crippen LogP contribution in [-0.4, -0.2) is 31.5 Å². The molecule has 6 nitrogen and oxygen atoms in total. The Bertz CT molecular complexity index is 859. The van der Waals surface area contributed by atoms with Gasteiger partial charge in [-0.15, -0.1) is 11.3 Å². The highest BCUT2D eigenvalue weighted by Gasteiger charge is 2.27. The first-order valence-electron chi connectivity index (χ1n) is 10.2. The molecular weight excluding hydrogens is 386 g/mol. The Morgan fingerprint density at radius 3 is 2.59 bits per heavy atom. The van der Waals surface area contributed by atoms with Crippen LogP contribution in [0.15, 0.2) is 24.3 Å². The van der Waals surface area contributed by atoms with Crippen LogP contribution < -0.4 is 20.7 Å². The summed E-state index contributed by atoms with van der Waals surface area (Å²) in [5.41, 5.74) is 2.38. The molecule has 1 heterocycles. The van der Waals surface area contributed by atoms with Crippen LogP contribution in [0.1, 0.15) is 48.0 Å². The number of nitrogens with one attached hydrogen (secondary N) is 3. The first-order valence-corrected chi connectivity index (χ1v) is 11.0. The zero-order chi connectivity index (χ0) is 20.8. The molecule has 3 N–H and O–H groups in total. The Balaban J connectivity index is 1.72. The number of rotatable bonds is 9. The topological polar surface area (TPSA) is 79.5 Å². The molecule has 0 unspecified atom stereocenters. The highest BCUT2D eigenvalue weighted by atomic mass is 32.1. The van der Waals surface area contributed by atoms with Gasteiger partial charge in [0.05, 0.1) is 18.7 Å². The lowest BCUT2D eigenvalue weighted by Crippen LogP contribution is -2.30. The molecule has 0 spiro atoms. The standard InChI is InChI=1S/C22H29N3O3S/c1-4-28-16-10-8-15(9-11-16)24-21(27)20-17-6-5-7-18(17)29-22(20)25-19(26)13-23-12-14(2)3/h8-11,14,23H,4-7,12-13H2,1-3H3,(H,24,27)(H,25,26). The third-order valence-electron chi connectivity index (χ3n) is 4.66. The molecule has 3 rings (SSSR count). The molecule has 1 aromatic heterocycles. The molecule has 0 saturated carbocycles. The van der Waals surface area contributed by atoms with Crippen LogP contribution in [0.25, 0.3) is 0 Å². The number of anilines is 2. The summed E-state index contributed by atoms with van der Waals surface area (Å²) >= 11 is 1.52. The van der Waals surface area contributed by atoms with Gasteiger partial charge in [-0.2, -0.15) is 0 Å². The van der Waals surface area contributed by atoms with E-state index in [1.165, 1.54) is 16.2 Å². The first-order chi connectivity index (χ1) is 14.0. The molecule has 0 aliphatic heterocycles. The Hall–Kier alpha value is -2.38. The fourth-order valence-electron chi connectivity index (χ4n) is 3.37. The number of ether oxygens (including phenoxy) is 1. The smallest absolute Gasteiger partial charge is 0.258 e. The van der Waals surface area contributed by atoms with Crippen molar-refractivity contribution >= 4 is 33.8 Å². The van der Waals surface area contributed by atoms with Crippen molar-refractivity contribution in [3.8, 4) is 5.75 Å². The zero-order valence-electron chi connectivity index (χ0n) is 17.3. The molecule has 2 aromatic rings. The molecule has 0 saturated heterocycles. The van der Waals surface area contributed by atoms with Crippen molar-refractivity contribution in [3.63, 3.8) is 0 Å². The van der Waals surface area contributed by atoms with Gasteiger partial charge in [-0.05, 0) is 68.5 Å². The fraction of sp³-hybridized carbons (Fsp3) is 0.455. The van der Waals surface area contributed by atoms with Crippen LogP contribution in [0, 0.1) is 5.92 Å². The fourth-order valence-corrected chi connectivity index (χ4v) is 4.68. The summed E-state index contributed by atoms with van der Waals surface area (Å²) in [6.45, 7) is 7.74. The van der Waals surface area contributed by atoms with Crippen molar-refractivity contribution in [2.24, 2.45) is 5.92 Å². The normalized spacial score (nSPS) is 12.7. The van der Waals surface area contributed by atoms with Crippen molar-refractivity contribution in [1.29, 1.82) is 0 Å². The summed E-state index contributed by atoms with van der Waals surface area (Å²) in [5, 5.41) is 9.69. The van der Waals surface area contributed by atoms with Gasteiger partial charge in [-0.25, -0.2) is 0 Å². The second-order valence-electron chi connectivity index (χ2n) is 7.55. The van der Waals surface area contributed by atoms with Crippen LogP contribution >= 0.6 is 11.3 Å². The summed E-state index contributed by atoms with van der Waals surface area (Å²) < 4.78 is 5.44. The maximum absolute atomic E-state index is 13.0. The van der Waals surface area contributed by atoms with Gasteiger partial charge < -0.3 is 20.7 Å². The Morgan fingerprint density at radius 2 is 1.90 bits per heavy atom. The minimum absolute atomic E-state index is 0.124. The average Bonchev–Trinajstić information content (AvgIpc) is 3.23. The summed E-state index contributed by atoms with van der Waals surface area (Å²) in [4.78, 5) is 26.6. The largest absolute Gasteiger partial charge is 0.494 e. The molecule has 7 heteroatoms. The Labute approximate surface area is 176 Å². The Morgan fingerprint density at radius 1 is 1.14 bits per heavy atom. The van der Waals surface area contributed by atoms with Crippen molar-refractivity contribution < 1.29 is 14.3 Å². The number of hydrogen-bond donors (Lipinski definition) is 3. The van der Waals surface area contributed by atoms with Gasteiger partial charge in [0.15, 0.2) is 0 Å². The molecule has 0 fully saturated rings. The highest BCUT2D eigenvalue weighted by molar-refractivity contribution is 7.17. The van der Waals surface area contributed by atoms with Crippen LogP contribution in [0.5, 0.6) is 5.75 Å². The number of carbonyl (C=O) groups is 2. The van der Waals surface area contributed by atoms with E-state index in [4.69, 9.17) is 4.74 Å². The molecule has 29 heavy (non-hydrogen) atoms. The van der Waals surface area contributed by atoms with Gasteiger partial charge in [0.25, 0.3) is 5.91 Å². The first kappa shape index (κ1) is 21.3. The molecule has 0 atom stereocenters. The molecule has 0 bridgehead atoms. The van der Waals surface area contributed by atoms with Crippen LogP contribution in [0.4, 0.5) is 10.7 Å². The lowest BCUT2D eigenvalue weighted by atomic mass is 10.1. The molecule has 1 aromatic carbocycles. The maximum atomic E-state index is 13.0. The van der Waals surface area contributed by atoms with Gasteiger partial charge >= 0.3 is 0 Å². The van der Waals surface area contributed by atoms with E-state index in [-0.39, 0.29) is 18.4 Å². The van der Waals surface area contributed by atoms with Crippen molar-refractivity contribution in [3.05, 3.63) is 40.3 Å². The zero-order valence-corrected chi connectivity index (χ0v) is 18.1. The van der Waals surface area contributed by atoms with Crippen molar-refractivity contribution in [2.75, 3.05) is 30.3 Å². The predicted octanol–water partition coefficient (Wildman–Crippen LogP) is 4.07. The minimum atomic E-state index is -0.181. The average molecular weight is 416 g/mol. The number of amides is 2. The third-order valence-corrected chi connectivity index (χ3v) is 5.87. The van der Waals surface area contributed by atoms with Gasteiger partial charge in [0.2, 0.25) is 5.91 Å². The van der Waals surface area contributed by atoms with E-state index in [1.54, 1.807) is 0 Å². The molecule has 2 amide bonds. The van der Waals surface area contributed by atoms with Crippen LogP contribution in [0.2, 0.25) is 0 Å². The number of thiophene rings is 1. The summed E-state index contributed by atoms with van der Waals surface area (Å²) in [6, 6.07) is 7.31. The van der Waals surface area contributed by atoms with E-state index in [2.05, 4.69) is 29.8 Å².